The summed E-state index contributed by atoms with van der Waals surface area (Å²) in [5.74, 6) is 2.08. The number of ether oxygens (including phenoxy) is 1. The van der Waals surface area contributed by atoms with Crippen molar-refractivity contribution in [1.29, 1.82) is 0 Å². The van der Waals surface area contributed by atoms with Gasteiger partial charge in [-0.15, -0.1) is 0 Å². The lowest BCUT2D eigenvalue weighted by molar-refractivity contribution is -0.118. The number of hydrogen-bond donors (Lipinski definition) is 1. The van der Waals surface area contributed by atoms with Gasteiger partial charge in [0, 0.05) is 24.4 Å². The molecule has 0 atom stereocenters. The van der Waals surface area contributed by atoms with Gasteiger partial charge in [0.25, 0.3) is 0 Å². The number of phenolic OH excluding ortho intramolecular Hbond substituents is 1. The highest BCUT2D eigenvalue weighted by Gasteiger charge is 2.24. The molecule has 0 amide bonds. The zero-order valence-electron chi connectivity index (χ0n) is 16.5. The first-order valence-electron chi connectivity index (χ1n) is 9.74. The Bertz CT molecular complexity index is 1160. The zero-order valence-corrected chi connectivity index (χ0v) is 16.5. The molecular weight excluding hydrogens is 364 g/mol. The van der Waals surface area contributed by atoms with Crippen LogP contribution in [0.15, 0.2) is 36.5 Å². The monoisotopic (exact) mass is 386 g/mol. The van der Waals surface area contributed by atoms with E-state index in [1.807, 2.05) is 26.0 Å². The summed E-state index contributed by atoms with van der Waals surface area (Å²) in [4.78, 5) is 19.9. The van der Waals surface area contributed by atoms with Crippen molar-refractivity contribution < 1.29 is 14.6 Å². The molecule has 1 saturated carbocycles. The van der Waals surface area contributed by atoms with Gasteiger partial charge in [-0.25, -0.2) is 4.85 Å². The number of phenols is 1. The van der Waals surface area contributed by atoms with E-state index in [0.29, 0.717) is 46.9 Å². The average Bonchev–Trinajstić information content (AvgIpc) is 3.51. The van der Waals surface area contributed by atoms with Crippen LogP contribution < -0.4 is 4.74 Å². The molecule has 5 nitrogen and oxygen atoms in total. The van der Waals surface area contributed by atoms with E-state index in [0.717, 1.165) is 16.7 Å². The van der Waals surface area contributed by atoms with Gasteiger partial charge in [-0.3, -0.25) is 9.78 Å². The molecule has 3 aromatic rings. The van der Waals surface area contributed by atoms with E-state index >= 15 is 0 Å². The summed E-state index contributed by atoms with van der Waals surface area (Å²) >= 11 is 0. The topological polar surface area (TPSA) is 63.8 Å². The van der Waals surface area contributed by atoms with Crippen LogP contribution in [0.5, 0.6) is 17.2 Å². The number of aromatic hydroxyl groups is 1. The minimum Gasteiger partial charge on any atom is -0.519 e. The summed E-state index contributed by atoms with van der Waals surface area (Å²) in [5.41, 5.74) is 3.80. The molecule has 1 aromatic heterocycles. The van der Waals surface area contributed by atoms with Crippen LogP contribution in [0.1, 0.15) is 36.0 Å². The number of Topliss-reactive ketones (excluding diaryl/α,β-unsaturated/α-hetero) is 1. The molecule has 1 aliphatic carbocycles. The van der Waals surface area contributed by atoms with Crippen LogP contribution in [0.4, 0.5) is 5.69 Å². The smallest absolute Gasteiger partial charge is 0.228 e. The van der Waals surface area contributed by atoms with Crippen molar-refractivity contribution in [3.05, 3.63) is 64.6 Å². The van der Waals surface area contributed by atoms with Crippen LogP contribution in [0.3, 0.4) is 0 Å². The summed E-state index contributed by atoms with van der Waals surface area (Å²) in [5, 5.41) is 10.6. The standard InChI is InChI=1S/C24H22N2O3/c1-14-15(2)23(7-6-17(14)11-18(27)10-16-4-5-16)29-24-8-9-26-20-13-22(28)21(25-3)12-19(20)24/h6-9,12-13,16,28H,4-5,10-11H2,1-2H3. The normalized spacial score (nSPS) is 13.3. The van der Waals surface area contributed by atoms with Crippen molar-refractivity contribution in [1.82, 2.24) is 4.98 Å². The van der Waals surface area contributed by atoms with Crippen LogP contribution in [0, 0.1) is 26.3 Å². The number of benzene rings is 2. The van der Waals surface area contributed by atoms with E-state index in [2.05, 4.69) is 9.83 Å². The first-order valence-corrected chi connectivity index (χ1v) is 9.74. The number of ketones is 1. The summed E-state index contributed by atoms with van der Waals surface area (Å²) in [6, 6.07) is 8.66. The van der Waals surface area contributed by atoms with Crippen molar-refractivity contribution in [3.63, 3.8) is 0 Å². The Morgan fingerprint density at radius 3 is 2.72 bits per heavy atom. The molecule has 0 radical (unpaired) electrons. The predicted molar refractivity (Wildman–Crippen MR) is 112 cm³/mol. The Morgan fingerprint density at radius 2 is 2.00 bits per heavy atom. The number of fused-ring (bicyclic) bond motifs is 1. The minimum atomic E-state index is -0.0932. The number of pyridine rings is 1. The number of carbonyl (C=O) groups is 1. The molecule has 5 heteroatoms. The number of aromatic nitrogens is 1. The molecule has 1 aliphatic rings. The number of carbonyl (C=O) groups excluding carboxylic acids is 1. The van der Waals surface area contributed by atoms with E-state index in [-0.39, 0.29) is 11.4 Å². The second-order valence-electron chi connectivity index (χ2n) is 7.72. The van der Waals surface area contributed by atoms with E-state index in [4.69, 9.17) is 11.3 Å². The molecule has 4 rings (SSSR count). The lowest BCUT2D eigenvalue weighted by atomic mass is 9.97. The fourth-order valence-electron chi connectivity index (χ4n) is 3.52. The molecule has 29 heavy (non-hydrogen) atoms. The minimum absolute atomic E-state index is 0.0932. The van der Waals surface area contributed by atoms with Gasteiger partial charge in [-0.1, -0.05) is 6.07 Å². The van der Waals surface area contributed by atoms with Crippen LogP contribution in [-0.2, 0) is 11.2 Å². The van der Waals surface area contributed by atoms with Crippen molar-refractivity contribution in [2.45, 2.75) is 39.5 Å². The number of nitrogens with zero attached hydrogens (tertiary/aromatic N) is 2. The Morgan fingerprint density at radius 1 is 1.21 bits per heavy atom. The largest absolute Gasteiger partial charge is 0.519 e. The third-order valence-corrected chi connectivity index (χ3v) is 5.59. The van der Waals surface area contributed by atoms with Gasteiger partial charge in [0.05, 0.1) is 12.1 Å². The number of rotatable bonds is 6. The van der Waals surface area contributed by atoms with Crippen LogP contribution in [-0.4, -0.2) is 15.9 Å². The van der Waals surface area contributed by atoms with Gasteiger partial charge in [-0.05, 0) is 73.6 Å². The maximum Gasteiger partial charge on any atom is 0.228 e. The summed E-state index contributed by atoms with van der Waals surface area (Å²) < 4.78 is 6.17. The highest BCUT2D eigenvalue weighted by atomic mass is 16.5. The Hall–Kier alpha value is -3.39. The molecule has 0 saturated heterocycles. The predicted octanol–water partition coefficient (Wildman–Crippen LogP) is 5.81. The molecule has 1 heterocycles. The van der Waals surface area contributed by atoms with Gasteiger partial charge >= 0.3 is 0 Å². The quantitative estimate of drug-likeness (QED) is 0.543. The molecular formula is C24H22N2O3. The lowest BCUT2D eigenvalue weighted by Crippen LogP contribution is -2.06. The average molecular weight is 386 g/mol. The molecule has 146 valence electrons. The summed E-state index contributed by atoms with van der Waals surface area (Å²) in [6.07, 6.45) is 5.14. The second kappa shape index (κ2) is 7.56. The maximum absolute atomic E-state index is 12.3. The van der Waals surface area contributed by atoms with Crippen LogP contribution in [0.2, 0.25) is 0 Å². The van der Waals surface area contributed by atoms with Crippen molar-refractivity contribution in [2.24, 2.45) is 5.92 Å². The molecule has 0 aliphatic heterocycles. The third-order valence-electron chi connectivity index (χ3n) is 5.59. The summed E-state index contributed by atoms with van der Waals surface area (Å²) in [7, 11) is 0. The SMILES string of the molecule is [C-]#[N+]c1cc2c(Oc3ccc(CC(=O)CC4CC4)c(C)c3C)ccnc2cc1O. The Balaban J connectivity index is 1.63. The lowest BCUT2D eigenvalue weighted by Gasteiger charge is -2.15. The van der Waals surface area contributed by atoms with Gasteiger partial charge in [0.2, 0.25) is 5.69 Å². The number of hydrogen-bond acceptors (Lipinski definition) is 4. The second-order valence-corrected chi connectivity index (χ2v) is 7.72. The van der Waals surface area contributed by atoms with Gasteiger partial charge in [-0.2, -0.15) is 0 Å². The van der Waals surface area contributed by atoms with Crippen LogP contribution in [0.25, 0.3) is 15.7 Å². The Labute approximate surface area is 169 Å². The van der Waals surface area contributed by atoms with E-state index in [1.165, 1.54) is 18.9 Å². The molecule has 0 unspecified atom stereocenters. The fourth-order valence-corrected chi connectivity index (χ4v) is 3.52. The van der Waals surface area contributed by atoms with Crippen molar-refractivity contribution in [3.8, 4) is 17.2 Å². The molecule has 0 spiro atoms. The van der Waals surface area contributed by atoms with E-state index < -0.39 is 0 Å². The van der Waals surface area contributed by atoms with Gasteiger partial charge in [0.15, 0.2) is 0 Å². The highest BCUT2D eigenvalue weighted by Crippen LogP contribution is 2.38. The molecule has 0 bridgehead atoms. The van der Waals surface area contributed by atoms with E-state index in [1.54, 1.807) is 18.3 Å². The summed E-state index contributed by atoms with van der Waals surface area (Å²) in [6.45, 7) is 11.2. The fraction of sp³-hybridized carbons (Fsp3) is 0.292. The van der Waals surface area contributed by atoms with Crippen molar-refractivity contribution in [2.75, 3.05) is 0 Å². The molecule has 2 aromatic carbocycles. The Kier molecular flexibility index (Phi) is 4.94. The zero-order chi connectivity index (χ0) is 20.5. The molecule has 1 fully saturated rings. The van der Waals surface area contributed by atoms with Crippen LogP contribution >= 0.6 is 0 Å². The van der Waals surface area contributed by atoms with Crippen molar-refractivity contribution >= 4 is 22.4 Å². The molecule has 1 N–H and O–H groups in total. The maximum atomic E-state index is 12.3. The van der Waals surface area contributed by atoms with Gasteiger partial charge < -0.3 is 9.84 Å². The first kappa shape index (κ1) is 18.9. The first-order chi connectivity index (χ1) is 14.0. The third kappa shape index (κ3) is 3.93. The van der Waals surface area contributed by atoms with E-state index in [9.17, 15) is 9.90 Å². The van der Waals surface area contributed by atoms with Gasteiger partial charge in [0.1, 0.15) is 23.0 Å². The highest BCUT2D eigenvalue weighted by molar-refractivity contribution is 5.90.